The summed E-state index contributed by atoms with van der Waals surface area (Å²) in [5, 5.41) is 7.36. The number of sulfone groups is 1. The third kappa shape index (κ3) is 5.26. The number of pyridine rings is 2. The Morgan fingerprint density at radius 2 is 1.92 bits per heavy atom. The number of nitrogens with zero attached hydrogens (tertiary/aromatic N) is 6. The van der Waals surface area contributed by atoms with E-state index in [0.717, 1.165) is 17.5 Å². The van der Waals surface area contributed by atoms with Gasteiger partial charge < -0.3 is 10.2 Å². The van der Waals surface area contributed by atoms with Gasteiger partial charge >= 0.3 is 0 Å². The number of fused-ring (bicyclic) bond motifs is 1. The summed E-state index contributed by atoms with van der Waals surface area (Å²) in [7, 11) is -1.89. The van der Waals surface area contributed by atoms with Crippen LogP contribution in [0.15, 0.2) is 58.5 Å². The highest BCUT2D eigenvalue weighted by Gasteiger charge is 2.27. The molecular weight excluding hydrogens is 524 g/mol. The molecule has 0 amide bonds. The minimum absolute atomic E-state index is 0.0397. The number of alkyl halides is 2. The molecule has 4 heterocycles. The zero-order chi connectivity index (χ0) is 27.9. The number of halogens is 2. The molecule has 0 fully saturated rings. The number of rotatable bonds is 7. The lowest BCUT2D eigenvalue weighted by Crippen LogP contribution is -2.10. The largest absolute Gasteiger partial charge is 0.361 e. The number of nitrogens with one attached hydrogen (secondary N) is 1. The summed E-state index contributed by atoms with van der Waals surface area (Å²) < 4.78 is 54.5. The summed E-state index contributed by atoms with van der Waals surface area (Å²) in [6.45, 7) is 9.08. The average Bonchev–Trinajstić information content (AvgIpc) is 3.47. The molecule has 9 nitrogen and oxygen atoms in total. The summed E-state index contributed by atoms with van der Waals surface area (Å²) in [5.41, 5.74) is 4.35. The zero-order valence-electron chi connectivity index (χ0n) is 21.3. The van der Waals surface area contributed by atoms with Crippen LogP contribution in [0.25, 0.3) is 16.0 Å². The topological polar surface area (TPSA) is 106 Å². The van der Waals surface area contributed by atoms with Gasteiger partial charge in [-0.1, -0.05) is 18.7 Å². The van der Waals surface area contributed by atoms with Gasteiger partial charge in [0.05, 0.1) is 46.0 Å². The van der Waals surface area contributed by atoms with Crippen LogP contribution in [0.2, 0.25) is 0 Å². The molecule has 0 spiro atoms. The van der Waals surface area contributed by atoms with Crippen LogP contribution in [0.1, 0.15) is 22.8 Å². The summed E-state index contributed by atoms with van der Waals surface area (Å²) in [6, 6.07) is 11.7. The maximum atomic E-state index is 13.6. The number of hydrogen-bond acceptors (Lipinski definition) is 7. The quantitative estimate of drug-likeness (QED) is 0.312. The number of aliphatic imine (C=N–C) groups is 1. The van der Waals surface area contributed by atoms with Crippen LogP contribution in [-0.4, -0.2) is 46.6 Å². The first-order chi connectivity index (χ1) is 18.5. The maximum Gasteiger partial charge on any atom is 0.277 e. The second-order valence-corrected chi connectivity index (χ2v) is 11.2. The van der Waals surface area contributed by atoms with Crippen molar-refractivity contribution in [1.29, 1.82) is 0 Å². The van der Waals surface area contributed by atoms with Gasteiger partial charge in [-0.25, -0.2) is 22.2 Å². The van der Waals surface area contributed by atoms with Gasteiger partial charge in [0.2, 0.25) is 0 Å². The normalized spacial score (nSPS) is 12.8. The Morgan fingerprint density at radius 1 is 1.13 bits per heavy atom. The molecule has 1 N–H and O–H groups in total. The molecule has 0 atom stereocenters. The van der Waals surface area contributed by atoms with E-state index in [1.807, 2.05) is 6.92 Å². The molecule has 0 saturated carbocycles. The van der Waals surface area contributed by atoms with Gasteiger partial charge in [0.15, 0.2) is 9.84 Å². The summed E-state index contributed by atoms with van der Waals surface area (Å²) in [4.78, 5) is 16.3. The fourth-order valence-corrected chi connectivity index (χ4v) is 5.26. The van der Waals surface area contributed by atoms with Crippen LogP contribution in [0.4, 0.5) is 31.7 Å². The van der Waals surface area contributed by atoms with Gasteiger partial charge in [0.25, 0.3) is 12.2 Å². The van der Waals surface area contributed by atoms with E-state index in [0.29, 0.717) is 28.3 Å². The lowest BCUT2D eigenvalue weighted by Gasteiger charge is -2.15. The molecule has 4 aromatic rings. The van der Waals surface area contributed by atoms with E-state index >= 15 is 0 Å². The van der Waals surface area contributed by atoms with Crippen molar-refractivity contribution in [3.05, 3.63) is 82.9 Å². The minimum atomic E-state index is -3.69. The molecular formula is C27H23F2N7O2S. The number of aromatic nitrogens is 4. The van der Waals surface area contributed by atoms with Crippen LogP contribution >= 0.6 is 0 Å². The number of benzene rings is 1. The van der Waals surface area contributed by atoms with E-state index in [4.69, 9.17) is 6.57 Å². The van der Waals surface area contributed by atoms with Gasteiger partial charge in [-0.05, 0) is 42.8 Å². The Balaban J connectivity index is 1.59. The van der Waals surface area contributed by atoms with Crippen molar-refractivity contribution < 1.29 is 17.2 Å². The van der Waals surface area contributed by atoms with Crippen molar-refractivity contribution >= 4 is 38.4 Å². The molecule has 0 aliphatic carbocycles. The standard InChI is InChI=1S/C27H23F2N7O2S/c1-15-19(14-31-36(15)3)16-8-9-20(24(10-16)39(4,37)38)34-21-12-18(11-17-6-5-7-25(30-2)33-17)32-22-13-23(27(28)29)35-26(21)22/h5-10,12,14,27H,11,13H2,1,3-4H3,(H,32,34). The third-order valence-corrected chi connectivity index (χ3v) is 7.58. The molecule has 12 heteroatoms. The molecule has 0 radical (unpaired) electrons. The smallest absolute Gasteiger partial charge is 0.277 e. The fraction of sp³-hybridized carbons (Fsp3) is 0.222. The van der Waals surface area contributed by atoms with Crippen molar-refractivity contribution in [3.8, 4) is 11.1 Å². The van der Waals surface area contributed by atoms with E-state index in [2.05, 4.69) is 30.2 Å². The molecule has 0 saturated heterocycles. The summed E-state index contributed by atoms with van der Waals surface area (Å²) >= 11 is 0. The molecule has 1 aromatic carbocycles. The Labute approximate surface area is 224 Å². The molecule has 1 aliphatic heterocycles. The van der Waals surface area contributed by atoms with Gasteiger partial charge in [-0.15, -0.1) is 4.98 Å². The lowest BCUT2D eigenvalue weighted by atomic mass is 10.1. The molecule has 198 valence electrons. The van der Waals surface area contributed by atoms with Gasteiger partial charge in [-0.3, -0.25) is 9.67 Å². The first-order valence-corrected chi connectivity index (χ1v) is 13.7. The van der Waals surface area contributed by atoms with Crippen LogP contribution < -0.4 is 5.32 Å². The molecule has 0 bridgehead atoms. The predicted molar refractivity (Wildman–Crippen MR) is 144 cm³/mol. The average molecular weight is 548 g/mol. The van der Waals surface area contributed by atoms with Crippen molar-refractivity contribution in [1.82, 2.24) is 19.7 Å². The third-order valence-electron chi connectivity index (χ3n) is 6.44. The van der Waals surface area contributed by atoms with Crippen LogP contribution in [0.5, 0.6) is 0 Å². The molecule has 1 aliphatic rings. The maximum absolute atomic E-state index is 13.6. The van der Waals surface area contributed by atoms with Gasteiger partial charge in [0.1, 0.15) is 11.4 Å². The van der Waals surface area contributed by atoms with Crippen LogP contribution in [0.3, 0.4) is 0 Å². The highest BCUT2D eigenvalue weighted by atomic mass is 32.2. The molecule has 0 unspecified atom stereocenters. The van der Waals surface area contributed by atoms with E-state index in [-0.39, 0.29) is 40.6 Å². The number of hydrogen-bond donors (Lipinski definition) is 1. The van der Waals surface area contributed by atoms with E-state index < -0.39 is 16.3 Å². The monoisotopic (exact) mass is 547 g/mol. The molecule has 5 rings (SSSR count). The van der Waals surface area contributed by atoms with Gasteiger partial charge in [0, 0.05) is 31.0 Å². The predicted octanol–water partition coefficient (Wildman–Crippen LogP) is 5.37. The highest BCUT2D eigenvalue weighted by molar-refractivity contribution is 7.90. The first kappa shape index (κ1) is 26.1. The summed E-state index contributed by atoms with van der Waals surface area (Å²) in [6.07, 6.45) is 0.153. The molecule has 3 aromatic heterocycles. The Kier molecular flexibility index (Phi) is 6.69. The zero-order valence-corrected chi connectivity index (χ0v) is 22.1. The van der Waals surface area contributed by atoms with Crippen molar-refractivity contribution in [2.24, 2.45) is 12.0 Å². The minimum Gasteiger partial charge on any atom is -0.361 e. The second-order valence-electron chi connectivity index (χ2n) is 9.19. The van der Waals surface area contributed by atoms with E-state index in [1.54, 1.807) is 60.4 Å². The first-order valence-electron chi connectivity index (χ1n) is 11.9. The Bertz CT molecular complexity index is 1790. The van der Waals surface area contributed by atoms with Gasteiger partial charge in [-0.2, -0.15) is 5.10 Å². The van der Waals surface area contributed by atoms with Crippen molar-refractivity contribution in [2.45, 2.75) is 31.1 Å². The highest BCUT2D eigenvalue weighted by Crippen LogP contribution is 2.39. The lowest BCUT2D eigenvalue weighted by molar-refractivity contribution is 0.224. The second kappa shape index (κ2) is 9.99. The Hall–Kier alpha value is -4.50. The van der Waals surface area contributed by atoms with Crippen molar-refractivity contribution in [2.75, 3.05) is 11.6 Å². The number of anilines is 2. The van der Waals surface area contributed by atoms with Crippen LogP contribution in [-0.2, 0) is 29.7 Å². The van der Waals surface area contributed by atoms with Crippen molar-refractivity contribution in [3.63, 3.8) is 0 Å². The molecule has 39 heavy (non-hydrogen) atoms. The van der Waals surface area contributed by atoms with E-state index in [9.17, 15) is 17.2 Å². The fourth-order valence-electron chi connectivity index (χ4n) is 4.40. The summed E-state index contributed by atoms with van der Waals surface area (Å²) in [5.74, 6) is 0.233. The SMILES string of the molecule is [C-]#[N+]c1cccc(Cc2cc(Nc3ccc(-c4cnn(C)c4C)cc3S(C)(=O)=O)c3c(n2)CC(C(F)F)=N3)n1. The van der Waals surface area contributed by atoms with Crippen LogP contribution in [0, 0.1) is 13.5 Å². The van der Waals surface area contributed by atoms with E-state index in [1.165, 1.54) is 0 Å². The Morgan fingerprint density at radius 3 is 2.59 bits per heavy atom. The number of aryl methyl sites for hydroxylation is 1.